The number of ether oxygens (including phenoxy) is 1. The van der Waals surface area contributed by atoms with Crippen molar-refractivity contribution in [1.82, 2.24) is 0 Å². The molecule has 57 valence electrons. The van der Waals surface area contributed by atoms with Crippen LogP contribution < -0.4 is 0 Å². The Balaban J connectivity index is 3.30. The number of hydrogen-bond acceptors (Lipinski definition) is 1. The van der Waals surface area contributed by atoms with Gasteiger partial charge in [-0.3, -0.25) is 0 Å². The van der Waals surface area contributed by atoms with Gasteiger partial charge >= 0.3 is 0 Å². The van der Waals surface area contributed by atoms with Crippen LogP contribution in [0.1, 0.15) is 13.8 Å². The summed E-state index contributed by atoms with van der Waals surface area (Å²) in [5.41, 5.74) is 0. The second kappa shape index (κ2) is 6.52. The molecular weight excluding hydrogens is 128 g/mol. The van der Waals surface area contributed by atoms with E-state index in [1.807, 2.05) is 13.0 Å². The molecule has 10 heavy (non-hydrogen) atoms. The van der Waals surface area contributed by atoms with Gasteiger partial charge in [0.15, 0.2) is 0 Å². The van der Waals surface area contributed by atoms with Gasteiger partial charge in [-0.15, -0.1) is 0 Å². The Morgan fingerprint density at radius 3 is 2.60 bits per heavy atom. The zero-order valence-electron chi connectivity index (χ0n) is 6.41. The summed E-state index contributed by atoms with van der Waals surface area (Å²) in [5.74, 6) is 0. The van der Waals surface area contributed by atoms with E-state index in [9.17, 15) is 5.11 Å². The van der Waals surface area contributed by atoms with E-state index in [1.54, 1.807) is 19.1 Å². The third kappa shape index (κ3) is 5.54. The summed E-state index contributed by atoms with van der Waals surface area (Å²) in [6, 6.07) is 0. The Labute approximate surface area is 61.8 Å². The average Bonchev–Trinajstić information content (AvgIpc) is 1.89. The highest BCUT2D eigenvalue weighted by Gasteiger charge is 1.95. The first kappa shape index (κ1) is 9.40. The van der Waals surface area contributed by atoms with Crippen molar-refractivity contribution < 1.29 is 9.84 Å². The molecule has 0 aromatic rings. The Kier molecular flexibility index (Phi) is 6.13. The van der Waals surface area contributed by atoms with Gasteiger partial charge in [-0.2, -0.15) is 5.11 Å². The number of hydrogen-bond donors (Lipinski definition) is 0. The van der Waals surface area contributed by atoms with Gasteiger partial charge in [-0.25, -0.2) is 0 Å². The Morgan fingerprint density at radius 1 is 1.40 bits per heavy atom. The highest BCUT2D eigenvalue weighted by Crippen LogP contribution is 1.89. The number of allylic oxidation sites excluding steroid dienone is 2. The average molecular weight is 141 g/mol. The molecule has 2 nitrogen and oxygen atoms in total. The van der Waals surface area contributed by atoms with Crippen LogP contribution >= 0.6 is 0 Å². The predicted octanol–water partition coefficient (Wildman–Crippen LogP) is 1.91. The maximum Gasteiger partial charge on any atom is 0.210 e. The van der Waals surface area contributed by atoms with Crippen LogP contribution in [0.2, 0.25) is 0 Å². The zero-order valence-corrected chi connectivity index (χ0v) is 6.41. The van der Waals surface area contributed by atoms with E-state index in [-0.39, 0.29) is 0 Å². The van der Waals surface area contributed by atoms with Crippen LogP contribution in [-0.2, 0) is 9.84 Å². The SMILES string of the molecule is CC=CCOC([O])C=CC. The summed E-state index contributed by atoms with van der Waals surface area (Å²) in [6.07, 6.45) is 5.80. The lowest BCUT2D eigenvalue weighted by Gasteiger charge is -2.00. The van der Waals surface area contributed by atoms with Crippen LogP contribution in [0.3, 0.4) is 0 Å². The summed E-state index contributed by atoms with van der Waals surface area (Å²) in [7, 11) is 0. The molecule has 0 aliphatic heterocycles. The smallest absolute Gasteiger partial charge is 0.210 e. The maximum atomic E-state index is 10.7. The largest absolute Gasteiger partial charge is 0.342 e. The molecule has 0 saturated heterocycles. The van der Waals surface area contributed by atoms with Gasteiger partial charge in [0.1, 0.15) is 0 Å². The highest BCUT2D eigenvalue weighted by molar-refractivity contribution is 4.82. The summed E-state index contributed by atoms with van der Waals surface area (Å²) in [5, 5.41) is 10.7. The molecule has 0 rings (SSSR count). The predicted molar refractivity (Wildman–Crippen MR) is 40.1 cm³/mol. The van der Waals surface area contributed by atoms with Gasteiger partial charge in [0.2, 0.25) is 6.29 Å². The van der Waals surface area contributed by atoms with Crippen LogP contribution in [-0.4, -0.2) is 12.9 Å². The Morgan fingerprint density at radius 2 is 2.10 bits per heavy atom. The fourth-order valence-electron chi connectivity index (χ4n) is 0.459. The van der Waals surface area contributed by atoms with Crippen LogP contribution in [0, 0.1) is 0 Å². The molecule has 0 aliphatic carbocycles. The molecule has 0 aromatic heterocycles. The first-order chi connectivity index (χ1) is 4.81. The maximum absolute atomic E-state index is 10.7. The highest BCUT2D eigenvalue weighted by atomic mass is 16.6. The molecule has 1 unspecified atom stereocenters. The molecule has 0 N–H and O–H groups in total. The lowest BCUT2D eigenvalue weighted by atomic mass is 10.5. The minimum atomic E-state index is -1.01. The van der Waals surface area contributed by atoms with Crippen molar-refractivity contribution in [2.24, 2.45) is 0 Å². The third-order valence-electron chi connectivity index (χ3n) is 0.942. The van der Waals surface area contributed by atoms with E-state index in [0.29, 0.717) is 6.61 Å². The van der Waals surface area contributed by atoms with Crippen molar-refractivity contribution in [3.63, 3.8) is 0 Å². The molecule has 2 heteroatoms. The second-order valence-corrected chi connectivity index (χ2v) is 1.80. The molecule has 0 amide bonds. The van der Waals surface area contributed by atoms with E-state index in [4.69, 9.17) is 4.74 Å². The van der Waals surface area contributed by atoms with Crippen molar-refractivity contribution in [2.75, 3.05) is 6.61 Å². The molecule has 1 atom stereocenters. The van der Waals surface area contributed by atoms with Crippen molar-refractivity contribution in [3.8, 4) is 0 Å². The molecule has 0 saturated carbocycles. The summed E-state index contributed by atoms with van der Waals surface area (Å²) >= 11 is 0. The fourth-order valence-corrected chi connectivity index (χ4v) is 0.459. The van der Waals surface area contributed by atoms with E-state index < -0.39 is 6.29 Å². The van der Waals surface area contributed by atoms with Crippen molar-refractivity contribution in [1.29, 1.82) is 0 Å². The first-order valence-corrected chi connectivity index (χ1v) is 3.32. The summed E-state index contributed by atoms with van der Waals surface area (Å²) in [6.45, 7) is 4.08. The van der Waals surface area contributed by atoms with Crippen molar-refractivity contribution in [3.05, 3.63) is 24.3 Å². The van der Waals surface area contributed by atoms with E-state index in [0.717, 1.165) is 0 Å². The van der Waals surface area contributed by atoms with Gasteiger partial charge in [0.25, 0.3) is 0 Å². The third-order valence-corrected chi connectivity index (χ3v) is 0.942. The Hall–Kier alpha value is -0.600. The van der Waals surface area contributed by atoms with Gasteiger partial charge in [0.05, 0.1) is 6.61 Å². The second-order valence-electron chi connectivity index (χ2n) is 1.80. The van der Waals surface area contributed by atoms with Gasteiger partial charge in [-0.05, 0) is 19.9 Å². The topological polar surface area (TPSA) is 29.1 Å². The minimum Gasteiger partial charge on any atom is -0.342 e. The van der Waals surface area contributed by atoms with E-state index >= 15 is 0 Å². The molecule has 0 spiro atoms. The quantitative estimate of drug-likeness (QED) is 0.434. The van der Waals surface area contributed by atoms with Crippen LogP contribution in [0.15, 0.2) is 24.3 Å². The number of rotatable bonds is 4. The van der Waals surface area contributed by atoms with Gasteiger partial charge in [0, 0.05) is 0 Å². The van der Waals surface area contributed by atoms with E-state index in [2.05, 4.69) is 0 Å². The van der Waals surface area contributed by atoms with Crippen LogP contribution in [0.4, 0.5) is 0 Å². The summed E-state index contributed by atoms with van der Waals surface area (Å²) < 4.78 is 4.79. The molecule has 0 bridgehead atoms. The standard InChI is InChI=1S/C8H13O2/c1-3-5-7-10-8(9)6-4-2/h3-6,8H,7H2,1-2H3. The fraction of sp³-hybridized carbons (Fsp3) is 0.500. The van der Waals surface area contributed by atoms with Gasteiger partial charge < -0.3 is 4.74 Å². The molecule has 0 heterocycles. The van der Waals surface area contributed by atoms with Gasteiger partial charge in [-0.1, -0.05) is 18.2 Å². The molecule has 0 aromatic carbocycles. The van der Waals surface area contributed by atoms with E-state index in [1.165, 1.54) is 6.08 Å². The lowest BCUT2D eigenvalue weighted by molar-refractivity contribution is -0.0963. The zero-order chi connectivity index (χ0) is 7.82. The van der Waals surface area contributed by atoms with Crippen molar-refractivity contribution in [2.45, 2.75) is 20.1 Å². The van der Waals surface area contributed by atoms with Crippen molar-refractivity contribution >= 4 is 0 Å². The van der Waals surface area contributed by atoms with Crippen LogP contribution in [0.5, 0.6) is 0 Å². The monoisotopic (exact) mass is 141 g/mol. The normalized spacial score (nSPS) is 15.1. The van der Waals surface area contributed by atoms with Crippen LogP contribution in [0.25, 0.3) is 0 Å². The molecule has 1 radical (unpaired) electrons. The molecular formula is C8H13O2. The molecule has 0 fully saturated rings. The lowest BCUT2D eigenvalue weighted by Crippen LogP contribution is -2.05. The Bertz CT molecular complexity index is 116. The minimum absolute atomic E-state index is 0.398. The molecule has 0 aliphatic rings. The first-order valence-electron chi connectivity index (χ1n) is 3.32. The summed E-state index contributed by atoms with van der Waals surface area (Å²) in [4.78, 5) is 0.